The van der Waals surface area contributed by atoms with E-state index in [1.54, 1.807) is 0 Å². The van der Waals surface area contributed by atoms with Gasteiger partial charge in [-0.25, -0.2) is 0 Å². The molecule has 1 saturated heterocycles. The topological polar surface area (TPSA) is 32.8 Å². The first kappa shape index (κ1) is 17.4. The molecule has 1 atom stereocenters. The first-order valence-electron chi connectivity index (χ1n) is 7.89. The Kier molecular flexibility index (Phi) is 6.96. The van der Waals surface area contributed by atoms with E-state index in [1.807, 2.05) is 6.92 Å². The van der Waals surface area contributed by atoms with Gasteiger partial charge in [0.15, 0.2) is 0 Å². The second kappa shape index (κ2) is 7.99. The highest BCUT2D eigenvalue weighted by molar-refractivity contribution is 5.69. The number of hydrogen-bond acceptors (Lipinski definition) is 4. The third kappa shape index (κ3) is 6.71. The molecule has 0 unspecified atom stereocenters. The molecular weight excluding hydrogens is 252 g/mol. The maximum atomic E-state index is 11.8. The third-order valence-corrected chi connectivity index (χ3v) is 4.23. The normalized spacial score (nSPS) is 19.9. The Morgan fingerprint density at radius 2 is 1.75 bits per heavy atom. The summed E-state index contributed by atoms with van der Waals surface area (Å²) >= 11 is 0. The molecule has 4 heteroatoms. The molecule has 4 nitrogen and oxygen atoms in total. The summed E-state index contributed by atoms with van der Waals surface area (Å²) in [6.45, 7) is 14.0. The highest BCUT2D eigenvalue weighted by Crippen LogP contribution is 2.22. The first-order chi connectivity index (χ1) is 9.29. The van der Waals surface area contributed by atoms with Crippen molar-refractivity contribution in [2.75, 3.05) is 39.8 Å². The number of carbonyl (C=O) groups excluding carboxylic acids is 1. The molecule has 0 aromatic rings. The van der Waals surface area contributed by atoms with Gasteiger partial charge in [0, 0.05) is 32.6 Å². The molecule has 0 radical (unpaired) electrons. The third-order valence-electron chi connectivity index (χ3n) is 4.23. The Labute approximate surface area is 124 Å². The predicted octanol–water partition coefficient (Wildman–Crippen LogP) is 2.38. The van der Waals surface area contributed by atoms with Crippen molar-refractivity contribution in [3.05, 3.63) is 0 Å². The van der Waals surface area contributed by atoms with Gasteiger partial charge in [0.1, 0.15) is 6.10 Å². The van der Waals surface area contributed by atoms with Crippen LogP contribution in [0.15, 0.2) is 0 Å². The van der Waals surface area contributed by atoms with Gasteiger partial charge in [0.05, 0.1) is 0 Å². The average molecular weight is 284 g/mol. The van der Waals surface area contributed by atoms with Gasteiger partial charge in [0.25, 0.3) is 0 Å². The fraction of sp³-hybridized carbons (Fsp3) is 0.938. The first-order valence-corrected chi connectivity index (χ1v) is 7.89. The van der Waals surface area contributed by atoms with E-state index in [0.29, 0.717) is 6.42 Å². The summed E-state index contributed by atoms with van der Waals surface area (Å²) in [7, 11) is 2.17. The fourth-order valence-corrected chi connectivity index (χ4v) is 2.11. The molecule has 0 aromatic heterocycles. The van der Waals surface area contributed by atoms with E-state index in [1.165, 1.54) is 0 Å². The Balaban J connectivity index is 2.07. The molecule has 0 saturated carbocycles. The Bertz CT molecular complexity index is 291. The molecule has 1 rings (SSSR count). The van der Waals surface area contributed by atoms with Crippen LogP contribution in [0.4, 0.5) is 0 Å². The molecule has 1 aliphatic heterocycles. The van der Waals surface area contributed by atoms with Crippen molar-refractivity contribution in [1.82, 2.24) is 9.80 Å². The minimum absolute atomic E-state index is 0.0207. The molecule has 0 aliphatic carbocycles. The number of ether oxygens (including phenoxy) is 1. The van der Waals surface area contributed by atoms with Gasteiger partial charge in [-0.1, -0.05) is 20.8 Å². The Hall–Kier alpha value is -0.610. The van der Waals surface area contributed by atoms with Crippen molar-refractivity contribution in [2.45, 2.75) is 53.1 Å². The highest BCUT2D eigenvalue weighted by atomic mass is 16.5. The minimum Gasteiger partial charge on any atom is -0.462 e. The number of rotatable bonds is 6. The number of carbonyl (C=O) groups is 1. The van der Waals surface area contributed by atoms with Gasteiger partial charge >= 0.3 is 5.97 Å². The predicted molar refractivity (Wildman–Crippen MR) is 82.8 cm³/mol. The second-order valence-electron chi connectivity index (χ2n) is 7.10. The Morgan fingerprint density at radius 3 is 2.30 bits per heavy atom. The van der Waals surface area contributed by atoms with Crippen molar-refractivity contribution in [1.29, 1.82) is 0 Å². The summed E-state index contributed by atoms with van der Waals surface area (Å²) < 4.78 is 5.46. The summed E-state index contributed by atoms with van der Waals surface area (Å²) in [5.41, 5.74) is 0.0233. The van der Waals surface area contributed by atoms with Crippen LogP contribution in [0.2, 0.25) is 0 Å². The van der Waals surface area contributed by atoms with Crippen LogP contribution in [0.3, 0.4) is 0 Å². The number of esters is 1. The SMILES string of the molecule is C[C@@H](OC(=O)CCCCN1CCN(C)CC1)C(C)(C)C. The minimum atomic E-state index is -0.0502. The van der Waals surface area contributed by atoms with Crippen LogP contribution < -0.4 is 0 Å². The van der Waals surface area contributed by atoms with Crippen LogP contribution in [0.25, 0.3) is 0 Å². The van der Waals surface area contributed by atoms with Crippen LogP contribution in [0.1, 0.15) is 47.0 Å². The van der Waals surface area contributed by atoms with E-state index in [2.05, 4.69) is 37.6 Å². The number of unbranched alkanes of at least 4 members (excludes halogenated alkanes) is 1. The van der Waals surface area contributed by atoms with E-state index in [4.69, 9.17) is 4.74 Å². The van der Waals surface area contributed by atoms with Gasteiger partial charge in [-0.3, -0.25) is 4.79 Å². The zero-order valence-corrected chi connectivity index (χ0v) is 13.9. The lowest BCUT2D eigenvalue weighted by Gasteiger charge is -2.32. The van der Waals surface area contributed by atoms with Crippen LogP contribution in [0, 0.1) is 5.41 Å². The molecule has 1 heterocycles. The van der Waals surface area contributed by atoms with Crippen LogP contribution >= 0.6 is 0 Å². The molecule has 1 fully saturated rings. The highest BCUT2D eigenvalue weighted by Gasteiger charge is 2.23. The van der Waals surface area contributed by atoms with E-state index in [0.717, 1.165) is 45.6 Å². The van der Waals surface area contributed by atoms with Gasteiger partial charge in [-0.05, 0) is 38.8 Å². The molecule has 0 N–H and O–H groups in total. The molecule has 0 bridgehead atoms. The lowest BCUT2D eigenvalue weighted by molar-refractivity contribution is -0.153. The van der Waals surface area contributed by atoms with E-state index < -0.39 is 0 Å². The summed E-state index contributed by atoms with van der Waals surface area (Å²) in [5, 5.41) is 0. The van der Waals surface area contributed by atoms with E-state index in [-0.39, 0.29) is 17.5 Å². The molecule has 20 heavy (non-hydrogen) atoms. The number of hydrogen-bond donors (Lipinski definition) is 0. The summed E-state index contributed by atoms with van der Waals surface area (Å²) in [4.78, 5) is 16.6. The molecule has 118 valence electrons. The average Bonchev–Trinajstić information content (AvgIpc) is 2.35. The molecule has 1 aliphatic rings. The van der Waals surface area contributed by atoms with Crippen molar-refractivity contribution < 1.29 is 9.53 Å². The lowest BCUT2D eigenvalue weighted by atomic mass is 9.90. The number of likely N-dealkylation sites (N-methyl/N-ethyl adjacent to an activating group) is 1. The van der Waals surface area contributed by atoms with Crippen molar-refractivity contribution in [3.63, 3.8) is 0 Å². The molecule has 0 aromatic carbocycles. The van der Waals surface area contributed by atoms with Crippen LogP contribution in [-0.2, 0) is 9.53 Å². The Morgan fingerprint density at radius 1 is 1.15 bits per heavy atom. The molecule has 0 spiro atoms. The smallest absolute Gasteiger partial charge is 0.306 e. The maximum Gasteiger partial charge on any atom is 0.306 e. The van der Waals surface area contributed by atoms with Gasteiger partial charge < -0.3 is 14.5 Å². The molecular formula is C16H32N2O2. The standard InChI is InChI=1S/C16H32N2O2/c1-14(16(2,3)4)20-15(19)8-6-7-9-18-12-10-17(5)11-13-18/h14H,6-13H2,1-5H3/t14-/m1/s1. The van der Waals surface area contributed by atoms with Gasteiger partial charge in [-0.15, -0.1) is 0 Å². The second-order valence-corrected chi connectivity index (χ2v) is 7.10. The fourth-order valence-electron chi connectivity index (χ4n) is 2.11. The lowest BCUT2D eigenvalue weighted by Crippen LogP contribution is -2.44. The van der Waals surface area contributed by atoms with Crippen LogP contribution in [0.5, 0.6) is 0 Å². The summed E-state index contributed by atoms with van der Waals surface area (Å²) in [5.74, 6) is -0.0502. The number of nitrogens with zero attached hydrogens (tertiary/aromatic N) is 2. The van der Waals surface area contributed by atoms with Crippen molar-refractivity contribution in [3.8, 4) is 0 Å². The monoisotopic (exact) mass is 284 g/mol. The zero-order chi connectivity index (χ0) is 15.2. The maximum absolute atomic E-state index is 11.8. The van der Waals surface area contributed by atoms with E-state index >= 15 is 0 Å². The largest absolute Gasteiger partial charge is 0.462 e. The number of piperazine rings is 1. The van der Waals surface area contributed by atoms with Crippen LogP contribution in [-0.4, -0.2) is 61.6 Å². The van der Waals surface area contributed by atoms with Gasteiger partial charge in [0.2, 0.25) is 0 Å². The summed E-state index contributed by atoms with van der Waals surface area (Å²) in [6.07, 6.45) is 2.55. The quantitative estimate of drug-likeness (QED) is 0.554. The van der Waals surface area contributed by atoms with E-state index in [9.17, 15) is 4.79 Å². The van der Waals surface area contributed by atoms with Crippen molar-refractivity contribution in [2.24, 2.45) is 5.41 Å². The summed E-state index contributed by atoms with van der Waals surface area (Å²) in [6, 6.07) is 0. The molecule has 0 amide bonds. The zero-order valence-electron chi connectivity index (χ0n) is 13.9. The van der Waals surface area contributed by atoms with Gasteiger partial charge in [-0.2, -0.15) is 0 Å². The van der Waals surface area contributed by atoms with Crippen molar-refractivity contribution >= 4 is 5.97 Å².